The predicted molar refractivity (Wildman–Crippen MR) is 230 cm³/mol. The number of aryl methyl sites for hydroxylation is 1. The molecule has 0 atom stereocenters. The molecule has 0 bridgehead atoms. The second-order valence-corrected chi connectivity index (χ2v) is 14.4. The molecule has 0 saturated heterocycles. The van der Waals surface area contributed by atoms with Crippen LogP contribution >= 0.6 is 0 Å². The fourth-order valence-corrected chi connectivity index (χ4v) is 8.49. The zero-order chi connectivity index (χ0) is 36.0. The van der Waals surface area contributed by atoms with Crippen molar-refractivity contribution in [2.75, 3.05) is 0 Å². The van der Waals surface area contributed by atoms with Gasteiger partial charge < -0.3 is 9.13 Å². The Morgan fingerprint density at radius 3 is 1.80 bits per heavy atom. The zero-order valence-corrected chi connectivity index (χ0v) is 30.4. The minimum atomic E-state index is 1.14. The Morgan fingerprint density at radius 2 is 1.02 bits per heavy atom. The van der Waals surface area contributed by atoms with Gasteiger partial charge in [-0.15, -0.1) is 0 Å². The summed E-state index contributed by atoms with van der Waals surface area (Å²) in [7, 11) is 0. The number of hydrogen-bond donors (Lipinski definition) is 0. The molecule has 10 rings (SSSR count). The average Bonchev–Trinajstić information content (AvgIpc) is 3.76. The Labute approximate surface area is 316 Å². The van der Waals surface area contributed by atoms with Crippen LogP contribution in [0.2, 0.25) is 0 Å². The number of unbranched alkanes of at least 4 members (excludes halogenated alkanes) is 1. The number of aromatic nitrogens is 2. The maximum Gasteiger partial charge on any atom is 0.0641 e. The molecule has 0 spiro atoms. The lowest BCUT2D eigenvalue weighted by Gasteiger charge is -2.15. The molecule has 0 saturated carbocycles. The van der Waals surface area contributed by atoms with Gasteiger partial charge in [0.1, 0.15) is 0 Å². The van der Waals surface area contributed by atoms with Crippen molar-refractivity contribution in [2.24, 2.45) is 0 Å². The van der Waals surface area contributed by atoms with E-state index in [1.165, 1.54) is 101 Å². The van der Waals surface area contributed by atoms with E-state index >= 15 is 0 Å². The van der Waals surface area contributed by atoms with Crippen molar-refractivity contribution in [2.45, 2.75) is 26.2 Å². The molecule has 258 valence electrons. The van der Waals surface area contributed by atoms with Gasteiger partial charge in [0.15, 0.2) is 0 Å². The van der Waals surface area contributed by atoms with Crippen LogP contribution in [0.5, 0.6) is 0 Å². The number of nitrogens with zero attached hydrogens (tertiary/aromatic N) is 2. The van der Waals surface area contributed by atoms with Crippen molar-refractivity contribution in [3.05, 3.63) is 194 Å². The van der Waals surface area contributed by atoms with E-state index < -0.39 is 0 Å². The molecule has 10 aromatic rings. The molecule has 2 nitrogen and oxygen atoms in total. The maximum atomic E-state index is 2.52. The normalized spacial score (nSPS) is 11.6. The highest BCUT2D eigenvalue weighted by atomic mass is 15.0. The second kappa shape index (κ2) is 13.4. The first-order valence-electron chi connectivity index (χ1n) is 19.2. The third-order valence-electron chi connectivity index (χ3n) is 11.1. The van der Waals surface area contributed by atoms with E-state index in [0.29, 0.717) is 0 Å². The van der Waals surface area contributed by atoms with Gasteiger partial charge in [0.05, 0.1) is 27.8 Å². The fourth-order valence-electron chi connectivity index (χ4n) is 8.49. The van der Waals surface area contributed by atoms with E-state index in [1.807, 2.05) is 0 Å². The molecule has 0 aliphatic carbocycles. The standard InChI is InChI=1S/C52H40N2/c1-2-3-14-36-25-27-38(28-26-36)39-29-31-42(32-30-39)53-49-24-12-9-21-46(49)51-50(53)34-33-45-44-20-8-11-23-48(44)54(52(45)51)47-22-10-7-19-43(47)41-18-13-17-40(35-41)37-15-5-4-6-16-37/h4-13,15-35H,2-3,14H2,1H3. The largest absolute Gasteiger partial charge is 0.309 e. The summed E-state index contributed by atoms with van der Waals surface area (Å²) in [6, 6.07) is 69.1. The Bertz CT molecular complexity index is 2940. The first-order chi connectivity index (χ1) is 26.8. The molecule has 2 heterocycles. The van der Waals surface area contributed by atoms with Gasteiger partial charge in [0, 0.05) is 32.8 Å². The highest BCUT2D eigenvalue weighted by Gasteiger charge is 2.22. The van der Waals surface area contributed by atoms with E-state index in [0.717, 1.165) is 12.1 Å². The van der Waals surface area contributed by atoms with Crippen LogP contribution < -0.4 is 0 Å². The first-order valence-corrected chi connectivity index (χ1v) is 19.2. The van der Waals surface area contributed by atoms with Crippen molar-refractivity contribution in [1.82, 2.24) is 9.13 Å². The highest BCUT2D eigenvalue weighted by Crippen LogP contribution is 2.43. The van der Waals surface area contributed by atoms with Gasteiger partial charge in [0.2, 0.25) is 0 Å². The second-order valence-electron chi connectivity index (χ2n) is 14.4. The van der Waals surface area contributed by atoms with E-state index in [9.17, 15) is 0 Å². The summed E-state index contributed by atoms with van der Waals surface area (Å²) in [5, 5.41) is 5.02. The van der Waals surface area contributed by atoms with Crippen LogP contribution in [0.4, 0.5) is 0 Å². The SMILES string of the molecule is CCCCc1ccc(-c2ccc(-n3c4ccccc4c4c3ccc3c5ccccc5n(-c5ccccc5-c5cccc(-c6ccccc6)c5)c34)cc2)cc1. The van der Waals surface area contributed by atoms with Crippen LogP contribution in [-0.2, 0) is 6.42 Å². The zero-order valence-electron chi connectivity index (χ0n) is 30.4. The molecule has 0 aliphatic heterocycles. The molecule has 0 radical (unpaired) electrons. The summed E-state index contributed by atoms with van der Waals surface area (Å²) >= 11 is 0. The Morgan fingerprint density at radius 1 is 0.407 bits per heavy atom. The number of benzene rings is 8. The van der Waals surface area contributed by atoms with E-state index in [4.69, 9.17) is 0 Å². The molecular formula is C52H40N2. The van der Waals surface area contributed by atoms with Gasteiger partial charge in [-0.2, -0.15) is 0 Å². The van der Waals surface area contributed by atoms with E-state index in [-0.39, 0.29) is 0 Å². The Kier molecular flexibility index (Phi) is 7.95. The number of rotatable bonds is 8. The lowest BCUT2D eigenvalue weighted by Crippen LogP contribution is -1.98. The lowest BCUT2D eigenvalue weighted by molar-refractivity contribution is 0.795. The van der Waals surface area contributed by atoms with Crippen LogP contribution in [0.15, 0.2) is 188 Å². The quantitative estimate of drug-likeness (QED) is 0.150. The molecule has 0 amide bonds. The molecule has 54 heavy (non-hydrogen) atoms. The number of fused-ring (bicyclic) bond motifs is 7. The molecule has 0 unspecified atom stereocenters. The molecule has 0 N–H and O–H groups in total. The van der Waals surface area contributed by atoms with E-state index in [1.54, 1.807) is 0 Å². The van der Waals surface area contributed by atoms with E-state index in [2.05, 4.69) is 204 Å². The van der Waals surface area contributed by atoms with Crippen molar-refractivity contribution >= 4 is 43.6 Å². The van der Waals surface area contributed by atoms with Gasteiger partial charge in [-0.05, 0) is 88.7 Å². The number of para-hydroxylation sites is 3. The predicted octanol–water partition coefficient (Wildman–Crippen LogP) is 14.2. The summed E-state index contributed by atoms with van der Waals surface area (Å²) in [6.07, 6.45) is 3.59. The van der Waals surface area contributed by atoms with Crippen LogP contribution in [0.3, 0.4) is 0 Å². The topological polar surface area (TPSA) is 9.86 Å². The fraction of sp³-hybridized carbons (Fsp3) is 0.0769. The smallest absolute Gasteiger partial charge is 0.0641 e. The monoisotopic (exact) mass is 692 g/mol. The van der Waals surface area contributed by atoms with Gasteiger partial charge in [-0.1, -0.05) is 159 Å². The van der Waals surface area contributed by atoms with Crippen LogP contribution in [0.25, 0.3) is 88.4 Å². The van der Waals surface area contributed by atoms with Gasteiger partial charge >= 0.3 is 0 Å². The summed E-state index contributed by atoms with van der Waals surface area (Å²) in [5.41, 5.74) is 15.9. The van der Waals surface area contributed by atoms with Crippen molar-refractivity contribution < 1.29 is 0 Å². The van der Waals surface area contributed by atoms with Gasteiger partial charge in [-0.25, -0.2) is 0 Å². The van der Waals surface area contributed by atoms with Crippen molar-refractivity contribution in [3.63, 3.8) is 0 Å². The van der Waals surface area contributed by atoms with Crippen molar-refractivity contribution in [1.29, 1.82) is 0 Å². The summed E-state index contributed by atoms with van der Waals surface area (Å²) in [6.45, 7) is 2.25. The molecular weight excluding hydrogens is 653 g/mol. The molecule has 2 aromatic heterocycles. The first kappa shape index (κ1) is 32.0. The molecule has 8 aromatic carbocycles. The molecule has 0 aliphatic rings. The lowest BCUT2D eigenvalue weighted by atomic mass is 9.98. The maximum absolute atomic E-state index is 2.52. The highest BCUT2D eigenvalue weighted by molar-refractivity contribution is 6.26. The third-order valence-corrected chi connectivity index (χ3v) is 11.1. The van der Waals surface area contributed by atoms with Crippen LogP contribution in [-0.4, -0.2) is 9.13 Å². The minimum Gasteiger partial charge on any atom is -0.309 e. The average molecular weight is 693 g/mol. The van der Waals surface area contributed by atoms with Gasteiger partial charge in [-0.3, -0.25) is 0 Å². The summed E-state index contributed by atoms with van der Waals surface area (Å²) in [5.74, 6) is 0. The van der Waals surface area contributed by atoms with Crippen LogP contribution in [0.1, 0.15) is 25.3 Å². The summed E-state index contributed by atoms with van der Waals surface area (Å²) in [4.78, 5) is 0. The van der Waals surface area contributed by atoms with Gasteiger partial charge in [0.25, 0.3) is 0 Å². The molecule has 2 heteroatoms. The van der Waals surface area contributed by atoms with Crippen LogP contribution in [0, 0.1) is 0 Å². The minimum absolute atomic E-state index is 1.14. The van der Waals surface area contributed by atoms with Crippen molar-refractivity contribution in [3.8, 4) is 44.8 Å². The summed E-state index contributed by atoms with van der Waals surface area (Å²) < 4.78 is 4.96. The molecule has 0 fully saturated rings. The third kappa shape index (κ3) is 5.33. The Balaban J connectivity index is 1.18. The Hall–Kier alpha value is -6.64. The number of hydrogen-bond acceptors (Lipinski definition) is 0.